The molecule has 0 saturated carbocycles. The topological polar surface area (TPSA) is 20.2 Å². The van der Waals surface area contributed by atoms with Crippen molar-refractivity contribution in [1.82, 2.24) is 0 Å². The lowest BCUT2D eigenvalue weighted by Crippen LogP contribution is -2.70. The van der Waals surface area contributed by atoms with E-state index in [2.05, 4.69) is 0 Å². The van der Waals surface area contributed by atoms with E-state index in [1.165, 1.54) is 0 Å². The van der Waals surface area contributed by atoms with E-state index in [4.69, 9.17) is 5.11 Å². The third-order valence-corrected chi connectivity index (χ3v) is 3.33. The lowest BCUT2D eigenvalue weighted by Gasteiger charge is -2.39. The third kappa shape index (κ3) is 3.51. The molecule has 0 spiro atoms. The molecule has 0 saturated heterocycles. The van der Waals surface area contributed by atoms with E-state index < -0.39 is 53.9 Å². The van der Waals surface area contributed by atoms with Gasteiger partial charge in [0.25, 0.3) is 0 Å². The molecule has 0 aliphatic rings. The van der Waals surface area contributed by atoms with E-state index >= 15 is 0 Å². The van der Waals surface area contributed by atoms with Gasteiger partial charge in [-0.2, -0.15) is 57.1 Å². The number of hydrogen-bond acceptors (Lipinski definition) is 2. The SMILES string of the molecule is OCSCCC(F)(F)C(F)(F)C(F)(F)C(F)(F)C(F)(F)C(F)(F)F. The summed E-state index contributed by atoms with van der Waals surface area (Å²) >= 11 is 0.0607. The smallest absolute Gasteiger partial charge is 0.386 e. The molecule has 0 bridgehead atoms. The fourth-order valence-electron chi connectivity index (χ4n) is 1.22. The van der Waals surface area contributed by atoms with Crippen molar-refractivity contribution < 1.29 is 62.2 Å². The second kappa shape index (κ2) is 6.61. The molecule has 1 N–H and O–H groups in total. The average Bonchev–Trinajstić information content (AvgIpc) is 2.36. The van der Waals surface area contributed by atoms with E-state index in [0.29, 0.717) is 0 Å². The first-order valence-electron chi connectivity index (χ1n) is 5.45. The molecule has 0 aliphatic heterocycles. The Morgan fingerprint density at radius 1 is 0.583 bits per heavy atom. The normalized spacial score (nSPS) is 15.8. The van der Waals surface area contributed by atoms with Crippen LogP contribution in [0.4, 0.5) is 57.1 Å². The molecule has 0 fully saturated rings. The van der Waals surface area contributed by atoms with Gasteiger partial charge in [0.15, 0.2) is 0 Å². The molecule has 0 rings (SSSR count). The van der Waals surface area contributed by atoms with Crippen molar-refractivity contribution in [2.75, 3.05) is 11.7 Å². The number of thioether (sulfide) groups is 1. The minimum absolute atomic E-state index is 0.0607. The van der Waals surface area contributed by atoms with Crippen LogP contribution in [-0.2, 0) is 0 Å². The number of alkyl halides is 13. The highest BCUT2D eigenvalue weighted by molar-refractivity contribution is 7.99. The maximum atomic E-state index is 13.1. The summed E-state index contributed by atoms with van der Waals surface area (Å²) in [5.74, 6) is -38.8. The van der Waals surface area contributed by atoms with Crippen molar-refractivity contribution in [3.05, 3.63) is 0 Å². The molecular weight excluding hydrogens is 403 g/mol. The number of halogens is 13. The monoisotopic (exact) mass is 410 g/mol. The molecule has 0 aromatic carbocycles. The van der Waals surface area contributed by atoms with Crippen molar-refractivity contribution in [3.63, 3.8) is 0 Å². The van der Waals surface area contributed by atoms with Gasteiger partial charge in [0.1, 0.15) is 0 Å². The molecule has 24 heavy (non-hydrogen) atoms. The van der Waals surface area contributed by atoms with Crippen LogP contribution in [0.1, 0.15) is 6.42 Å². The predicted octanol–water partition coefficient (Wildman–Crippen LogP) is 4.80. The van der Waals surface area contributed by atoms with E-state index in [1.807, 2.05) is 0 Å². The van der Waals surface area contributed by atoms with Gasteiger partial charge in [-0.25, -0.2) is 0 Å². The van der Waals surface area contributed by atoms with Gasteiger partial charge in [-0.05, 0) is 0 Å². The second-order valence-electron chi connectivity index (χ2n) is 4.29. The van der Waals surface area contributed by atoms with Gasteiger partial charge in [0.2, 0.25) is 0 Å². The van der Waals surface area contributed by atoms with E-state index in [9.17, 15) is 57.1 Å². The fraction of sp³-hybridized carbons (Fsp3) is 1.00. The molecule has 146 valence electrons. The van der Waals surface area contributed by atoms with Crippen molar-refractivity contribution >= 4 is 11.8 Å². The summed E-state index contributed by atoms with van der Waals surface area (Å²) in [4.78, 5) is 0. The van der Waals surface area contributed by atoms with Crippen molar-refractivity contribution in [2.45, 2.75) is 42.2 Å². The maximum absolute atomic E-state index is 13.1. The van der Waals surface area contributed by atoms with Gasteiger partial charge >= 0.3 is 35.8 Å². The van der Waals surface area contributed by atoms with Gasteiger partial charge in [-0.3, -0.25) is 0 Å². The maximum Gasteiger partial charge on any atom is 0.460 e. The Labute approximate surface area is 129 Å². The van der Waals surface area contributed by atoms with Crippen LogP contribution in [0.25, 0.3) is 0 Å². The summed E-state index contributed by atoms with van der Waals surface area (Å²) < 4.78 is 164. The molecule has 0 aliphatic carbocycles. The Hall–Kier alpha value is -0.600. The first kappa shape index (κ1) is 23.4. The largest absolute Gasteiger partial charge is 0.460 e. The lowest BCUT2D eigenvalue weighted by atomic mass is 9.93. The number of hydrogen-bond donors (Lipinski definition) is 1. The van der Waals surface area contributed by atoms with E-state index in [-0.39, 0.29) is 11.8 Å². The fourth-order valence-corrected chi connectivity index (χ4v) is 1.75. The second-order valence-corrected chi connectivity index (χ2v) is 5.36. The highest BCUT2D eigenvalue weighted by atomic mass is 32.2. The van der Waals surface area contributed by atoms with Gasteiger partial charge in [-0.15, -0.1) is 11.8 Å². The van der Waals surface area contributed by atoms with Gasteiger partial charge in [0, 0.05) is 12.2 Å². The van der Waals surface area contributed by atoms with Crippen LogP contribution in [-0.4, -0.2) is 52.6 Å². The van der Waals surface area contributed by atoms with Crippen molar-refractivity contribution in [2.24, 2.45) is 0 Å². The van der Waals surface area contributed by atoms with Crippen molar-refractivity contribution in [3.8, 4) is 0 Å². The Balaban J connectivity index is 5.92. The van der Waals surface area contributed by atoms with Gasteiger partial charge in [-0.1, -0.05) is 0 Å². The zero-order chi connectivity index (χ0) is 19.8. The molecule has 0 radical (unpaired) electrons. The highest BCUT2D eigenvalue weighted by Gasteiger charge is 2.90. The summed E-state index contributed by atoms with van der Waals surface area (Å²) in [5.41, 5.74) is 0. The van der Waals surface area contributed by atoms with Crippen LogP contribution in [0.3, 0.4) is 0 Å². The van der Waals surface area contributed by atoms with Crippen LogP contribution in [0, 0.1) is 0 Å². The Kier molecular flexibility index (Phi) is 6.44. The molecule has 0 aromatic rings. The summed E-state index contributed by atoms with van der Waals surface area (Å²) in [7, 11) is 0. The summed E-state index contributed by atoms with van der Waals surface area (Å²) in [6.45, 7) is 0. The molecule has 0 unspecified atom stereocenters. The number of aliphatic hydroxyl groups is 1. The molecule has 0 heterocycles. The first-order valence-corrected chi connectivity index (χ1v) is 6.61. The molecule has 15 heteroatoms. The van der Waals surface area contributed by atoms with E-state index in [0.717, 1.165) is 0 Å². The Morgan fingerprint density at radius 3 is 1.29 bits per heavy atom. The Bertz CT molecular complexity index is 430. The first-order chi connectivity index (χ1) is 10.3. The van der Waals surface area contributed by atoms with Crippen molar-refractivity contribution in [1.29, 1.82) is 0 Å². The van der Waals surface area contributed by atoms with Crippen LogP contribution in [0.2, 0.25) is 0 Å². The highest BCUT2D eigenvalue weighted by Crippen LogP contribution is 2.60. The minimum atomic E-state index is -7.87. The van der Waals surface area contributed by atoms with Crippen LogP contribution in [0.5, 0.6) is 0 Å². The quantitative estimate of drug-likeness (QED) is 0.353. The number of aliphatic hydroxyl groups excluding tert-OH is 1. The summed E-state index contributed by atoms with van der Waals surface area (Å²) in [6, 6.07) is 0. The molecule has 0 atom stereocenters. The standard InChI is InChI=1S/C9H7F13OS/c10-4(11,1-2-24-3-23)5(12,13)6(14,15)7(16,17)8(18,19)9(20,21)22/h23H,1-3H2. The molecule has 0 aromatic heterocycles. The predicted molar refractivity (Wildman–Crippen MR) is 55.0 cm³/mol. The average molecular weight is 410 g/mol. The minimum Gasteiger partial charge on any atom is -0.386 e. The molecule has 0 amide bonds. The third-order valence-electron chi connectivity index (χ3n) is 2.65. The van der Waals surface area contributed by atoms with Crippen LogP contribution < -0.4 is 0 Å². The summed E-state index contributed by atoms with van der Waals surface area (Å²) in [5, 5.41) is 8.19. The van der Waals surface area contributed by atoms with E-state index in [1.54, 1.807) is 0 Å². The summed E-state index contributed by atoms with van der Waals surface area (Å²) in [6.07, 6.45) is -9.70. The lowest BCUT2D eigenvalue weighted by molar-refractivity contribution is -0.439. The number of rotatable bonds is 8. The Morgan fingerprint density at radius 2 is 0.958 bits per heavy atom. The molecule has 1 nitrogen and oxygen atoms in total. The van der Waals surface area contributed by atoms with Crippen LogP contribution >= 0.6 is 11.8 Å². The zero-order valence-electron chi connectivity index (χ0n) is 10.9. The van der Waals surface area contributed by atoms with Gasteiger partial charge in [0.05, 0.1) is 5.94 Å². The molecular formula is C9H7F13OS. The zero-order valence-corrected chi connectivity index (χ0v) is 11.7. The van der Waals surface area contributed by atoms with Crippen LogP contribution in [0.15, 0.2) is 0 Å². The van der Waals surface area contributed by atoms with Gasteiger partial charge < -0.3 is 5.11 Å².